The van der Waals surface area contributed by atoms with Crippen LogP contribution in [0.15, 0.2) is 60.8 Å². The number of hydrogen-bond acceptors (Lipinski definition) is 3. The van der Waals surface area contributed by atoms with Crippen molar-refractivity contribution in [3.8, 4) is 5.69 Å². The van der Waals surface area contributed by atoms with Crippen molar-refractivity contribution in [1.82, 2.24) is 9.78 Å². The number of amides is 1. The van der Waals surface area contributed by atoms with Crippen molar-refractivity contribution in [2.75, 3.05) is 17.3 Å². The van der Waals surface area contributed by atoms with E-state index in [-0.39, 0.29) is 5.91 Å². The summed E-state index contributed by atoms with van der Waals surface area (Å²) in [6.45, 7) is 0. The zero-order valence-corrected chi connectivity index (χ0v) is 12.0. The molecule has 0 bridgehead atoms. The monoisotopic (exact) mass is 290 g/mol. The highest BCUT2D eigenvalue weighted by atomic mass is 16.2. The molecule has 1 aliphatic heterocycles. The third kappa shape index (κ3) is 1.79. The largest absolute Gasteiger partial charge is 0.338 e. The van der Waals surface area contributed by atoms with Gasteiger partial charge < -0.3 is 10.2 Å². The molecule has 5 heteroatoms. The van der Waals surface area contributed by atoms with Crippen molar-refractivity contribution in [2.24, 2.45) is 0 Å². The van der Waals surface area contributed by atoms with Gasteiger partial charge in [-0.25, -0.2) is 4.68 Å². The van der Waals surface area contributed by atoms with E-state index in [1.54, 1.807) is 22.8 Å². The number of benzene rings is 2. The van der Waals surface area contributed by atoms with E-state index in [0.717, 1.165) is 17.1 Å². The van der Waals surface area contributed by atoms with Crippen molar-refractivity contribution in [3.05, 3.63) is 66.4 Å². The fourth-order valence-corrected chi connectivity index (χ4v) is 2.68. The van der Waals surface area contributed by atoms with Gasteiger partial charge in [0.05, 0.1) is 23.3 Å². The molecule has 22 heavy (non-hydrogen) atoms. The Hall–Kier alpha value is -3.08. The summed E-state index contributed by atoms with van der Waals surface area (Å²) in [6.07, 6.45) is 1.61. The molecule has 3 aromatic rings. The molecular weight excluding hydrogens is 276 g/mol. The van der Waals surface area contributed by atoms with Crippen LogP contribution in [0.3, 0.4) is 0 Å². The van der Waals surface area contributed by atoms with E-state index in [2.05, 4.69) is 10.4 Å². The van der Waals surface area contributed by atoms with Crippen LogP contribution in [0.5, 0.6) is 0 Å². The predicted molar refractivity (Wildman–Crippen MR) is 86.0 cm³/mol. The van der Waals surface area contributed by atoms with Gasteiger partial charge in [-0.05, 0) is 24.3 Å². The number of nitrogens with one attached hydrogen (secondary N) is 1. The Morgan fingerprint density at radius 2 is 1.73 bits per heavy atom. The summed E-state index contributed by atoms with van der Waals surface area (Å²) in [7, 11) is 1.78. The summed E-state index contributed by atoms with van der Waals surface area (Å²) < 4.78 is 1.75. The number of aromatic nitrogens is 2. The SMILES string of the molecule is CN1C(=O)c2cnn(-c3ccccc3)c2Nc2ccccc21. The zero-order valence-electron chi connectivity index (χ0n) is 12.0. The molecule has 1 aliphatic rings. The van der Waals surface area contributed by atoms with Gasteiger partial charge in [0.2, 0.25) is 0 Å². The van der Waals surface area contributed by atoms with Crippen molar-refractivity contribution >= 4 is 23.1 Å². The van der Waals surface area contributed by atoms with Crippen LogP contribution in [0.25, 0.3) is 5.69 Å². The summed E-state index contributed by atoms with van der Waals surface area (Å²) in [5, 5.41) is 7.72. The molecule has 5 nitrogen and oxygen atoms in total. The van der Waals surface area contributed by atoms with Crippen LogP contribution in [-0.2, 0) is 0 Å². The second kappa shape index (κ2) is 4.73. The number of hydrogen-bond donors (Lipinski definition) is 1. The van der Waals surface area contributed by atoms with Gasteiger partial charge in [0.25, 0.3) is 5.91 Å². The lowest BCUT2D eigenvalue weighted by Gasteiger charge is -2.16. The van der Waals surface area contributed by atoms with Crippen LogP contribution >= 0.6 is 0 Å². The number of carbonyl (C=O) groups excluding carboxylic acids is 1. The third-order valence-corrected chi connectivity index (χ3v) is 3.82. The van der Waals surface area contributed by atoms with Gasteiger partial charge in [-0.3, -0.25) is 4.79 Å². The molecule has 0 radical (unpaired) electrons. The highest BCUT2D eigenvalue weighted by molar-refractivity contribution is 6.12. The van der Waals surface area contributed by atoms with Crippen LogP contribution in [-0.4, -0.2) is 22.7 Å². The van der Waals surface area contributed by atoms with Crippen LogP contribution < -0.4 is 10.2 Å². The van der Waals surface area contributed by atoms with E-state index < -0.39 is 0 Å². The first-order chi connectivity index (χ1) is 10.8. The highest BCUT2D eigenvalue weighted by Gasteiger charge is 2.27. The van der Waals surface area contributed by atoms with E-state index >= 15 is 0 Å². The Bertz CT molecular complexity index is 854. The number of nitrogens with zero attached hydrogens (tertiary/aromatic N) is 3. The van der Waals surface area contributed by atoms with Gasteiger partial charge in [0.1, 0.15) is 11.4 Å². The fourth-order valence-electron chi connectivity index (χ4n) is 2.68. The Morgan fingerprint density at radius 3 is 2.55 bits per heavy atom. The molecule has 2 heterocycles. The quantitative estimate of drug-likeness (QED) is 0.748. The zero-order chi connectivity index (χ0) is 15.1. The minimum absolute atomic E-state index is 0.0744. The maximum absolute atomic E-state index is 12.7. The summed E-state index contributed by atoms with van der Waals surface area (Å²) in [5.74, 6) is 0.614. The third-order valence-electron chi connectivity index (χ3n) is 3.82. The molecule has 0 aliphatic carbocycles. The van der Waals surface area contributed by atoms with E-state index in [1.165, 1.54) is 0 Å². The molecule has 4 rings (SSSR count). The first-order valence-electron chi connectivity index (χ1n) is 7.03. The van der Waals surface area contributed by atoms with Gasteiger partial charge in [0, 0.05) is 7.05 Å². The molecule has 108 valence electrons. The van der Waals surface area contributed by atoms with Gasteiger partial charge in [-0.15, -0.1) is 0 Å². The topological polar surface area (TPSA) is 50.2 Å². The van der Waals surface area contributed by atoms with Gasteiger partial charge in [0.15, 0.2) is 0 Å². The van der Waals surface area contributed by atoms with Crippen LogP contribution in [0, 0.1) is 0 Å². The second-order valence-corrected chi connectivity index (χ2v) is 5.16. The number of para-hydroxylation sites is 3. The van der Waals surface area contributed by atoms with Crippen LogP contribution in [0.4, 0.5) is 17.2 Å². The number of carbonyl (C=O) groups is 1. The first kappa shape index (κ1) is 12.6. The van der Waals surface area contributed by atoms with Crippen molar-refractivity contribution < 1.29 is 4.79 Å². The number of anilines is 3. The molecule has 0 saturated heterocycles. The first-order valence-corrected chi connectivity index (χ1v) is 7.03. The second-order valence-electron chi connectivity index (χ2n) is 5.16. The molecular formula is C17H14N4O. The molecule has 0 saturated carbocycles. The average Bonchev–Trinajstić information content (AvgIpc) is 2.94. The maximum Gasteiger partial charge on any atom is 0.263 e. The Kier molecular flexibility index (Phi) is 2.72. The molecule has 1 N–H and O–H groups in total. The van der Waals surface area contributed by atoms with Crippen molar-refractivity contribution in [3.63, 3.8) is 0 Å². The van der Waals surface area contributed by atoms with E-state index in [1.807, 2.05) is 54.6 Å². The predicted octanol–water partition coefficient (Wildman–Crippen LogP) is 3.21. The summed E-state index contributed by atoms with van der Waals surface area (Å²) in [6, 6.07) is 17.5. The van der Waals surface area contributed by atoms with Gasteiger partial charge >= 0.3 is 0 Å². The standard InChI is InChI=1S/C17H14N4O/c1-20-15-10-6-5-9-14(15)19-16-13(17(20)22)11-18-21(16)12-7-3-2-4-8-12/h2-11,19H,1H3. The van der Waals surface area contributed by atoms with E-state index in [0.29, 0.717) is 11.4 Å². The minimum Gasteiger partial charge on any atom is -0.338 e. The Labute approximate surface area is 127 Å². The molecule has 0 spiro atoms. The van der Waals surface area contributed by atoms with Crippen LogP contribution in [0.2, 0.25) is 0 Å². The summed E-state index contributed by atoms with van der Waals surface area (Å²) >= 11 is 0. The molecule has 0 atom stereocenters. The normalized spacial score (nSPS) is 13.1. The fraction of sp³-hybridized carbons (Fsp3) is 0.0588. The Balaban J connectivity index is 1.93. The molecule has 1 amide bonds. The van der Waals surface area contributed by atoms with Gasteiger partial charge in [-0.1, -0.05) is 30.3 Å². The maximum atomic E-state index is 12.7. The Morgan fingerprint density at radius 1 is 1.00 bits per heavy atom. The lowest BCUT2D eigenvalue weighted by atomic mass is 10.2. The summed E-state index contributed by atoms with van der Waals surface area (Å²) in [4.78, 5) is 14.3. The number of fused-ring (bicyclic) bond motifs is 2. The average molecular weight is 290 g/mol. The van der Waals surface area contributed by atoms with E-state index in [4.69, 9.17) is 0 Å². The molecule has 2 aromatic carbocycles. The van der Waals surface area contributed by atoms with Crippen molar-refractivity contribution in [2.45, 2.75) is 0 Å². The van der Waals surface area contributed by atoms with Crippen LogP contribution in [0.1, 0.15) is 10.4 Å². The van der Waals surface area contributed by atoms with Crippen molar-refractivity contribution in [1.29, 1.82) is 0 Å². The highest BCUT2D eigenvalue weighted by Crippen LogP contribution is 2.35. The number of rotatable bonds is 1. The summed E-state index contributed by atoms with van der Waals surface area (Å²) in [5.41, 5.74) is 3.20. The molecule has 1 aromatic heterocycles. The molecule has 0 unspecified atom stereocenters. The smallest absolute Gasteiger partial charge is 0.263 e. The van der Waals surface area contributed by atoms with Gasteiger partial charge in [-0.2, -0.15) is 5.10 Å². The minimum atomic E-state index is -0.0744. The lowest BCUT2D eigenvalue weighted by molar-refractivity contribution is 0.0994. The molecule has 0 fully saturated rings. The van der Waals surface area contributed by atoms with E-state index in [9.17, 15) is 4.79 Å². The lowest BCUT2D eigenvalue weighted by Crippen LogP contribution is -2.24.